The molecule has 0 saturated carbocycles. The highest BCUT2D eigenvalue weighted by atomic mass is 79.9. The molecule has 0 radical (unpaired) electrons. The quantitative estimate of drug-likeness (QED) is 0.794. The molecule has 0 unspecified atom stereocenters. The van der Waals surface area contributed by atoms with Crippen molar-refractivity contribution in [1.29, 1.82) is 0 Å². The van der Waals surface area contributed by atoms with Crippen LogP contribution in [0.15, 0.2) is 34.8 Å². The van der Waals surface area contributed by atoms with Gasteiger partial charge in [-0.2, -0.15) is 18.3 Å². The third-order valence-corrected chi connectivity index (χ3v) is 3.04. The maximum atomic E-state index is 12.4. The van der Waals surface area contributed by atoms with Crippen molar-refractivity contribution >= 4 is 27.5 Å². The van der Waals surface area contributed by atoms with Crippen molar-refractivity contribution in [2.24, 2.45) is 0 Å². The lowest BCUT2D eigenvalue weighted by atomic mass is 10.2. The Morgan fingerprint density at radius 2 is 2.00 bits per heavy atom. The number of nitrogens with zero attached hydrogens (tertiary/aromatic N) is 2. The predicted octanol–water partition coefficient (Wildman–Crippen LogP) is 4.37. The van der Waals surface area contributed by atoms with Gasteiger partial charge in [0, 0.05) is 10.5 Å². The van der Waals surface area contributed by atoms with Crippen LogP contribution in [-0.4, -0.2) is 9.78 Å². The fourth-order valence-electron chi connectivity index (χ4n) is 1.45. The van der Waals surface area contributed by atoms with Crippen LogP contribution < -0.4 is 0 Å². The molecule has 0 saturated heterocycles. The Hall–Kier alpha value is -1.01. The monoisotopic (exact) mass is 338 g/mol. The first-order chi connectivity index (χ1) is 8.36. The topological polar surface area (TPSA) is 17.8 Å². The predicted molar refractivity (Wildman–Crippen MR) is 65.5 cm³/mol. The molecule has 0 fully saturated rings. The molecule has 1 aromatic heterocycles. The Balaban J connectivity index is 2.27. The highest BCUT2D eigenvalue weighted by molar-refractivity contribution is 9.10. The van der Waals surface area contributed by atoms with Gasteiger partial charge in [0.25, 0.3) is 0 Å². The largest absolute Gasteiger partial charge is 0.435 e. The van der Waals surface area contributed by atoms with Crippen LogP contribution in [0.5, 0.6) is 0 Å². The Labute approximate surface area is 114 Å². The number of alkyl halides is 3. The van der Waals surface area contributed by atoms with Gasteiger partial charge in [-0.05, 0) is 17.7 Å². The van der Waals surface area contributed by atoms with Crippen LogP contribution in [0, 0.1) is 0 Å². The van der Waals surface area contributed by atoms with Crippen molar-refractivity contribution in [3.63, 3.8) is 0 Å². The van der Waals surface area contributed by atoms with E-state index >= 15 is 0 Å². The normalized spacial score (nSPS) is 11.8. The third-order valence-electron chi connectivity index (χ3n) is 2.24. The van der Waals surface area contributed by atoms with E-state index < -0.39 is 11.9 Å². The highest BCUT2D eigenvalue weighted by Crippen LogP contribution is 2.30. The summed E-state index contributed by atoms with van der Waals surface area (Å²) < 4.78 is 39.3. The molecule has 7 heteroatoms. The number of benzene rings is 1. The fourth-order valence-corrected chi connectivity index (χ4v) is 2.10. The average molecular weight is 340 g/mol. The highest BCUT2D eigenvalue weighted by Gasteiger charge is 2.34. The van der Waals surface area contributed by atoms with E-state index in [0.717, 1.165) is 20.8 Å². The SMILES string of the molecule is FC(F)(F)c1cc(Cl)n(Cc2cccc(Br)c2)n1. The second kappa shape index (κ2) is 4.93. The van der Waals surface area contributed by atoms with Crippen molar-refractivity contribution in [3.05, 3.63) is 51.2 Å². The summed E-state index contributed by atoms with van der Waals surface area (Å²) in [6.45, 7) is 0.189. The molecular formula is C11H7BrClF3N2. The number of hydrogen-bond donors (Lipinski definition) is 0. The van der Waals surface area contributed by atoms with Crippen molar-refractivity contribution < 1.29 is 13.2 Å². The second-order valence-electron chi connectivity index (χ2n) is 3.64. The van der Waals surface area contributed by atoms with E-state index in [-0.39, 0.29) is 11.7 Å². The first-order valence-corrected chi connectivity index (χ1v) is 6.08. The molecule has 0 aliphatic rings. The molecule has 0 bridgehead atoms. The Kier molecular flexibility index (Phi) is 3.68. The summed E-state index contributed by atoms with van der Waals surface area (Å²) in [5.41, 5.74) is -0.175. The molecule has 1 aromatic carbocycles. The van der Waals surface area contributed by atoms with E-state index in [1.165, 1.54) is 0 Å². The van der Waals surface area contributed by atoms with Gasteiger partial charge in [0.1, 0.15) is 5.15 Å². The van der Waals surface area contributed by atoms with E-state index in [1.807, 2.05) is 6.07 Å². The van der Waals surface area contributed by atoms with Crippen molar-refractivity contribution in [1.82, 2.24) is 9.78 Å². The van der Waals surface area contributed by atoms with E-state index in [1.54, 1.807) is 18.2 Å². The van der Waals surface area contributed by atoms with Crippen LogP contribution >= 0.6 is 27.5 Å². The zero-order valence-corrected chi connectivity index (χ0v) is 11.2. The van der Waals surface area contributed by atoms with Crippen molar-refractivity contribution in [3.8, 4) is 0 Å². The fraction of sp³-hybridized carbons (Fsp3) is 0.182. The van der Waals surface area contributed by atoms with Gasteiger partial charge in [-0.1, -0.05) is 39.7 Å². The van der Waals surface area contributed by atoms with Crippen LogP contribution in [0.25, 0.3) is 0 Å². The van der Waals surface area contributed by atoms with Gasteiger partial charge in [0.2, 0.25) is 0 Å². The standard InChI is InChI=1S/C11H7BrClF3N2/c12-8-3-1-2-7(4-8)6-18-10(13)5-9(17-18)11(14,15)16/h1-5H,6H2. The summed E-state index contributed by atoms with van der Waals surface area (Å²) in [5.74, 6) is 0. The van der Waals surface area contributed by atoms with E-state index in [2.05, 4.69) is 21.0 Å². The van der Waals surface area contributed by atoms with Crippen LogP contribution in [0.1, 0.15) is 11.3 Å². The minimum atomic E-state index is -4.48. The van der Waals surface area contributed by atoms with Crippen LogP contribution in [0.3, 0.4) is 0 Å². The summed E-state index contributed by atoms with van der Waals surface area (Å²) in [7, 11) is 0. The molecule has 18 heavy (non-hydrogen) atoms. The molecule has 96 valence electrons. The molecule has 2 aromatic rings. The molecule has 0 N–H and O–H groups in total. The summed E-state index contributed by atoms with van der Waals surface area (Å²) in [6, 6.07) is 8.03. The van der Waals surface area contributed by atoms with Gasteiger partial charge in [0.05, 0.1) is 6.54 Å². The number of halogens is 5. The molecular weight excluding hydrogens is 332 g/mol. The van der Waals surface area contributed by atoms with Gasteiger partial charge in [-0.25, -0.2) is 4.68 Å². The van der Waals surface area contributed by atoms with E-state index in [4.69, 9.17) is 11.6 Å². The molecule has 0 spiro atoms. The van der Waals surface area contributed by atoms with Gasteiger partial charge >= 0.3 is 6.18 Å². The lowest BCUT2D eigenvalue weighted by Gasteiger charge is -2.04. The Morgan fingerprint density at radius 3 is 2.56 bits per heavy atom. The third kappa shape index (κ3) is 3.05. The average Bonchev–Trinajstić information content (AvgIpc) is 2.60. The maximum absolute atomic E-state index is 12.4. The van der Waals surface area contributed by atoms with Crippen molar-refractivity contribution in [2.45, 2.75) is 12.7 Å². The molecule has 0 aliphatic heterocycles. The zero-order chi connectivity index (χ0) is 13.3. The molecule has 0 atom stereocenters. The first-order valence-electron chi connectivity index (χ1n) is 4.91. The summed E-state index contributed by atoms with van der Waals surface area (Å²) in [5, 5.41) is 3.41. The lowest BCUT2D eigenvalue weighted by Crippen LogP contribution is -2.08. The van der Waals surface area contributed by atoms with E-state index in [9.17, 15) is 13.2 Å². The number of hydrogen-bond acceptors (Lipinski definition) is 1. The molecule has 0 aliphatic carbocycles. The zero-order valence-electron chi connectivity index (χ0n) is 8.88. The molecule has 0 amide bonds. The smallest absolute Gasteiger partial charge is 0.249 e. The van der Waals surface area contributed by atoms with E-state index in [0.29, 0.717) is 0 Å². The summed E-state index contributed by atoms with van der Waals surface area (Å²) in [6.07, 6.45) is -4.48. The molecule has 1 heterocycles. The summed E-state index contributed by atoms with van der Waals surface area (Å²) in [4.78, 5) is 0. The molecule has 2 nitrogen and oxygen atoms in total. The Morgan fingerprint density at radius 1 is 1.28 bits per heavy atom. The van der Waals surface area contributed by atoms with Crippen LogP contribution in [0.4, 0.5) is 13.2 Å². The number of rotatable bonds is 2. The minimum Gasteiger partial charge on any atom is -0.249 e. The van der Waals surface area contributed by atoms with Crippen LogP contribution in [0.2, 0.25) is 5.15 Å². The van der Waals surface area contributed by atoms with Gasteiger partial charge in [0.15, 0.2) is 5.69 Å². The molecule has 2 rings (SSSR count). The lowest BCUT2D eigenvalue weighted by molar-refractivity contribution is -0.141. The Bertz CT molecular complexity index is 566. The maximum Gasteiger partial charge on any atom is 0.435 e. The van der Waals surface area contributed by atoms with Gasteiger partial charge in [-0.3, -0.25) is 0 Å². The second-order valence-corrected chi connectivity index (χ2v) is 4.94. The van der Waals surface area contributed by atoms with Gasteiger partial charge < -0.3 is 0 Å². The first kappa shape index (κ1) is 13.4. The van der Waals surface area contributed by atoms with Crippen molar-refractivity contribution in [2.75, 3.05) is 0 Å². The van der Waals surface area contributed by atoms with Crippen LogP contribution in [-0.2, 0) is 12.7 Å². The number of aromatic nitrogens is 2. The van der Waals surface area contributed by atoms with Gasteiger partial charge in [-0.15, -0.1) is 0 Å². The summed E-state index contributed by atoms with van der Waals surface area (Å²) >= 11 is 9.02. The minimum absolute atomic E-state index is 0.0395.